The fraction of sp³-hybridized carbons (Fsp3) is 0.462. The van der Waals surface area contributed by atoms with Crippen LogP contribution in [0.4, 0.5) is 30.7 Å². The lowest BCUT2D eigenvalue weighted by Gasteiger charge is -2.36. The summed E-state index contributed by atoms with van der Waals surface area (Å²) in [6, 6.07) is 6.22. The summed E-state index contributed by atoms with van der Waals surface area (Å²) in [5.74, 6) is -2.05. The molecule has 0 N–H and O–H groups in total. The number of hydrogen-bond donors (Lipinski definition) is 0. The molecule has 0 aromatic heterocycles. The zero-order valence-corrected chi connectivity index (χ0v) is 19.9. The minimum Gasteiger partial charge on any atom is -0.368 e. The van der Waals surface area contributed by atoms with E-state index >= 15 is 0 Å². The summed E-state index contributed by atoms with van der Waals surface area (Å²) >= 11 is 0. The minimum atomic E-state index is -5.01. The van der Waals surface area contributed by atoms with Gasteiger partial charge in [0.2, 0.25) is 5.91 Å². The zero-order chi connectivity index (χ0) is 27.3. The number of fused-ring (bicyclic) bond motifs is 1. The maximum atomic E-state index is 13.6. The van der Waals surface area contributed by atoms with Gasteiger partial charge in [-0.3, -0.25) is 9.59 Å². The molecule has 2 aliphatic rings. The third-order valence-corrected chi connectivity index (χ3v) is 7.15. The molecule has 2 fully saturated rings. The Balaban J connectivity index is 1.70. The van der Waals surface area contributed by atoms with Crippen LogP contribution in [-0.2, 0) is 26.7 Å². The third kappa shape index (κ3) is 5.66. The van der Waals surface area contributed by atoms with Gasteiger partial charge in [0.05, 0.1) is 23.3 Å². The van der Waals surface area contributed by atoms with Crippen LogP contribution in [0.25, 0.3) is 0 Å². The maximum absolute atomic E-state index is 13.6. The largest absolute Gasteiger partial charge is 0.416 e. The van der Waals surface area contributed by atoms with Crippen molar-refractivity contribution in [1.82, 2.24) is 4.90 Å². The van der Waals surface area contributed by atoms with Crippen molar-refractivity contribution >= 4 is 11.7 Å². The topological polar surface area (TPSA) is 46.6 Å². The molecule has 0 bridgehead atoms. The molecule has 4 nitrogen and oxygen atoms in total. The molecule has 2 heterocycles. The number of ketones is 1. The summed E-state index contributed by atoms with van der Waals surface area (Å²) in [6.45, 7) is 2.76. The second-order valence-electron chi connectivity index (χ2n) is 9.59. The van der Waals surface area contributed by atoms with E-state index in [9.17, 15) is 40.3 Å². The number of Topliss-reactive ketones (excluding diaryl/α,β-unsaturated/α-hetero) is 1. The molecule has 200 valence electrons. The van der Waals surface area contributed by atoms with Crippen molar-refractivity contribution in [1.29, 1.82) is 0 Å². The third-order valence-electron chi connectivity index (χ3n) is 7.15. The first-order valence-corrected chi connectivity index (χ1v) is 11.7. The van der Waals surface area contributed by atoms with E-state index in [2.05, 4.69) is 0 Å². The number of hydrogen-bond acceptors (Lipinski definition) is 3. The van der Waals surface area contributed by atoms with E-state index in [1.807, 2.05) is 0 Å². The number of piperidine rings is 1. The van der Waals surface area contributed by atoms with Crippen LogP contribution in [0.1, 0.15) is 61.0 Å². The predicted molar refractivity (Wildman–Crippen MR) is 118 cm³/mol. The van der Waals surface area contributed by atoms with Crippen LogP contribution in [0.2, 0.25) is 0 Å². The molecule has 0 aliphatic carbocycles. The number of nitrogens with zero attached hydrogens (tertiary/aromatic N) is 1. The molecular weight excluding hydrogens is 507 g/mol. The van der Waals surface area contributed by atoms with Crippen molar-refractivity contribution in [3.8, 4) is 0 Å². The molecule has 2 aromatic carbocycles. The molecule has 37 heavy (non-hydrogen) atoms. The first-order chi connectivity index (χ1) is 17.1. The van der Waals surface area contributed by atoms with Crippen LogP contribution in [0, 0.1) is 11.7 Å². The van der Waals surface area contributed by atoms with E-state index in [4.69, 9.17) is 4.74 Å². The zero-order valence-electron chi connectivity index (χ0n) is 19.9. The molecule has 2 saturated heterocycles. The van der Waals surface area contributed by atoms with Gasteiger partial charge in [-0.2, -0.15) is 26.3 Å². The van der Waals surface area contributed by atoms with Gasteiger partial charge in [-0.25, -0.2) is 4.39 Å². The van der Waals surface area contributed by atoms with E-state index in [0.717, 1.165) is 0 Å². The molecule has 0 radical (unpaired) electrons. The monoisotopic (exact) mass is 531 g/mol. The highest BCUT2D eigenvalue weighted by molar-refractivity contribution is 5.87. The van der Waals surface area contributed by atoms with Crippen molar-refractivity contribution < 1.29 is 45.1 Å². The molecule has 1 amide bonds. The van der Waals surface area contributed by atoms with Crippen LogP contribution in [0.15, 0.2) is 42.5 Å². The second-order valence-corrected chi connectivity index (χ2v) is 9.59. The number of amides is 1. The highest BCUT2D eigenvalue weighted by atomic mass is 19.4. The van der Waals surface area contributed by atoms with Gasteiger partial charge in [0.15, 0.2) is 0 Å². The summed E-state index contributed by atoms with van der Waals surface area (Å²) < 4.78 is 99.8. The summed E-state index contributed by atoms with van der Waals surface area (Å²) in [6.07, 6.45) is -11.7. The average molecular weight is 531 g/mol. The van der Waals surface area contributed by atoms with Crippen LogP contribution in [0.3, 0.4) is 0 Å². The van der Waals surface area contributed by atoms with Gasteiger partial charge in [-0.05, 0) is 61.7 Å². The fourth-order valence-corrected chi connectivity index (χ4v) is 5.26. The summed E-state index contributed by atoms with van der Waals surface area (Å²) in [5.41, 5.74) is -2.64. The van der Waals surface area contributed by atoms with Gasteiger partial charge in [0.25, 0.3) is 0 Å². The number of ether oxygens (including phenoxy) is 1. The lowest BCUT2D eigenvalue weighted by atomic mass is 9.80. The van der Waals surface area contributed by atoms with E-state index < -0.39 is 59.4 Å². The number of halogens is 7. The molecule has 2 aliphatic heterocycles. The molecular formula is C26H24F7NO3. The Labute approximate surface area is 208 Å². The fourth-order valence-electron chi connectivity index (χ4n) is 5.26. The Morgan fingerprint density at radius 3 is 2.08 bits per heavy atom. The highest BCUT2D eigenvalue weighted by Crippen LogP contribution is 2.45. The Morgan fingerprint density at radius 2 is 1.57 bits per heavy atom. The Morgan fingerprint density at radius 1 is 1.00 bits per heavy atom. The standard InChI is InChI=1S/C26H24F7NO3/c1-13(35)16-9-21-24(15-3-5-20(27)6-4-15)22(12-34(21)23(36)10-16)37-14(2)17-7-18(25(28,29)30)11-19(8-17)26(31,32)33/h3-8,11,14,16,21-22,24H,9-10,12H2,1-2H3/t14-,16?,21+,22+,24?/m1/s1. The van der Waals surface area contributed by atoms with Crippen molar-refractivity contribution in [2.45, 2.75) is 63.2 Å². The van der Waals surface area contributed by atoms with Crippen LogP contribution in [-0.4, -0.2) is 35.3 Å². The van der Waals surface area contributed by atoms with Crippen molar-refractivity contribution in [2.75, 3.05) is 6.54 Å². The lowest BCUT2D eigenvalue weighted by Crippen LogP contribution is -2.45. The Kier molecular flexibility index (Phi) is 7.13. The number of carbonyl (C=O) groups excluding carboxylic acids is 2. The van der Waals surface area contributed by atoms with Crippen molar-refractivity contribution in [2.24, 2.45) is 5.92 Å². The van der Waals surface area contributed by atoms with Gasteiger partial charge < -0.3 is 9.64 Å². The van der Waals surface area contributed by atoms with Crippen molar-refractivity contribution in [3.05, 3.63) is 70.5 Å². The van der Waals surface area contributed by atoms with Gasteiger partial charge in [0.1, 0.15) is 11.6 Å². The molecule has 0 spiro atoms. The Bertz CT molecular complexity index is 1140. The predicted octanol–water partition coefficient (Wildman–Crippen LogP) is 6.30. The molecule has 0 saturated carbocycles. The molecule has 4 rings (SSSR count). The summed E-state index contributed by atoms with van der Waals surface area (Å²) in [4.78, 5) is 26.4. The molecule has 2 aromatic rings. The first kappa shape index (κ1) is 27.1. The van der Waals surface area contributed by atoms with Crippen LogP contribution < -0.4 is 0 Å². The smallest absolute Gasteiger partial charge is 0.368 e. The van der Waals surface area contributed by atoms with Gasteiger partial charge in [-0.1, -0.05) is 12.1 Å². The number of rotatable bonds is 5. The van der Waals surface area contributed by atoms with Crippen LogP contribution in [0.5, 0.6) is 0 Å². The molecule has 11 heteroatoms. The minimum absolute atomic E-state index is 0.00676. The molecule has 2 unspecified atom stereocenters. The lowest BCUT2D eigenvalue weighted by molar-refractivity contribution is -0.143. The van der Waals surface area contributed by atoms with Gasteiger partial charge in [-0.15, -0.1) is 0 Å². The average Bonchev–Trinajstić information content (AvgIpc) is 3.16. The van der Waals surface area contributed by atoms with E-state index in [1.165, 1.54) is 43.0 Å². The highest BCUT2D eigenvalue weighted by Gasteiger charge is 2.50. The number of benzene rings is 2. The van der Waals surface area contributed by atoms with Crippen LogP contribution >= 0.6 is 0 Å². The van der Waals surface area contributed by atoms with E-state index in [1.54, 1.807) is 0 Å². The Hall–Kier alpha value is -2.95. The quantitative estimate of drug-likeness (QED) is 0.426. The van der Waals surface area contributed by atoms with E-state index in [0.29, 0.717) is 24.1 Å². The summed E-state index contributed by atoms with van der Waals surface area (Å²) in [5, 5.41) is 0. The first-order valence-electron chi connectivity index (χ1n) is 11.7. The maximum Gasteiger partial charge on any atom is 0.416 e. The molecule has 5 atom stereocenters. The van der Waals surface area contributed by atoms with Gasteiger partial charge in [0, 0.05) is 30.8 Å². The number of alkyl halides is 6. The summed E-state index contributed by atoms with van der Waals surface area (Å²) in [7, 11) is 0. The van der Waals surface area contributed by atoms with E-state index in [-0.39, 0.29) is 36.3 Å². The SMILES string of the molecule is CC(=O)C1CC(=O)N2C[C@H](O[C@H](C)c3cc(C(F)(F)F)cc(C(F)(F)F)c3)C(c3ccc(F)cc3)[C@@H]2C1. The van der Waals surface area contributed by atoms with Gasteiger partial charge >= 0.3 is 12.4 Å². The normalized spacial score (nSPS) is 25.2. The second kappa shape index (κ2) is 9.74. The van der Waals surface area contributed by atoms with Crippen molar-refractivity contribution in [3.63, 3.8) is 0 Å². The number of carbonyl (C=O) groups is 2.